The molecule has 3 N–H and O–H groups in total. The molecule has 0 bridgehead atoms. The third-order valence-electron chi connectivity index (χ3n) is 4.41. The molecule has 1 aromatic heterocycles. The van der Waals surface area contributed by atoms with Crippen molar-refractivity contribution in [3.8, 4) is 0 Å². The van der Waals surface area contributed by atoms with Crippen molar-refractivity contribution in [2.24, 2.45) is 0 Å². The average molecular weight is 380 g/mol. The summed E-state index contributed by atoms with van der Waals surface area (Å²) >= 11 is 0. The van der Waals surface area contributed by atoms with Crippen molar-refractivity contribution in [3.05, 3.63) is 76.0 Å². The van der Waals surface area contributed by atoms with Crippen molar-refractivity contribution in [2.75, 3.05) is 0 Å². The molecule has 1 unspecified atom stereocenters. The summed E-state index contributed by atoms with van der Waals surface area (Å²) in [5.41, 5.74) is 2.61. The Balaban J connectivity index is 1.69. The van der Waals surface area contributed by atoms with Crippen LogP contribution in [-0.4, -0.2) is 27.8 Å². The van der Waals surface area contributed by atoms with Crippen LogP contribution in [0.3, 0.4) is 0 Å². The van der Waals surface area contributed by atoms with Gasteiger partial charge in [-0.25, -0.2) is 0 Å². The molecule has 1 heterocycles. The second kappa shape index (κ2) is 8.34. The molecule has 0 saturated heterocycles. The number of rotatable bonds is 7. The largest absolute Gasteiger partial charge is 0.361 e. The average Bonchev–Trinajstić information content (AvgIpc) is 3.08. The van der Waals surface area contributed by atoms with E-state index in [0.717, 1.165) is 22.0 Å². The molecule has 3 rings (SSSR count). The summed E-state index contributed by atoms with van der Waals surface area (Å²) in [4.78, 5) is 37.6. The van der Waals surface area contributed by atoms with Gasteiger partial charge in [0.1, 0.15) is 6.04 Å². The van der Waals surface area contributed by atoms with Gasteiger partial charge in [0.05, 0.1) is 4.92 Å². The Bertz CT molecular complexity index is 1010. The van der Waals surface area contributed by atoms with Crippen LogP contribution in [0, 0.1) is 10.1 Å². The summed E-state index contributed by atoms with van der Waals surface area (Å²) in [6.45, 7) is 1.58. The van der Waals surface area contributed by atoms with Gasteiger partial charge in [-0.15, -0.1) is 0 Å². The molecule has 0 saturated carbocycles. The highest BCUT2D eigenvalue weighted by Crippen LogP contribution is 2.19. The van der Waals surface area contributed by atoms with E-state index in [1.54, 1.807) is 12.1 Å². The van der Waals surface area contributed by atoms with Crippen LogP contribution in [0.2, 0.25) is 0 Å². The topological polar surface area (TPSA) is 117 Å². The third-order valence-corrected chi connectivity index (χ3v) is 4.41. The number of aromatic amines is 1. The number of aromatic nitrogens is 1. The Morgan fingerprint density at radius 2 is 1.86 bits per heavy atom. The number of amides is 2. The van der Waals surface area contributed by atoms with Crippen LogP contribution < -0.4 is 10.6 Å². The lowest BCUT2D eigenvalue weighted by atomic mass is 10.0. The zero-order chi connectivity index (χ0) is 20.1. The van der Waals surface area contributed by atoms with Gasteiger partial charge in [-0.1, -0.05) is 30.3 Å². The maximum Gasteiger partial charge on any atom is 0.269 e. The van der Waals surface area contributed by atoms with Gasteiger partial charge < -0.3 is 15.6 Å². The number of carbonyl (C=O) groups is 2. The second-order valence-electron chi connectivity index (χ2n) is 6.46. The van der Waals surface area contributed by atoms with Crippen LogP contribution in [-0.2, 0) is 22.6 Å². The first kappa shape index (κ1) is 19.1. The molecule has 0 spiro atoms. The monoisotopic (exact) mass is 380 g/mol. The smallest absolute Gasteiger partial charge is 0.269 e. The Labute approximate surface area is 161 Å². The summed E-state index contributed by atoms with van der Waals surface area (Å²) in [6, 6.07) is 13.0. The molecule has 0 radical (unpaired) electrons. The van der Waals surface area contributed by atoms with Crippen molar-refractivity contribution >= 4 is 28.4 Å². The summed E-state index contributed by atoms with van der Waals surface area (Å²) in [7, 11) is 0. The molecule has 28 heavy (non-hydrogen) atoms. The van der Waals surface area contributed by atoms with Crippen LogP contribution in [0.5, 0.6) is 0 Å². The minimum absolute atomic E-state index is 0.00876. The van der Waals surface area contributed by atoms with Gasteiger partial charge >= 0.3 is 0 Å². The van der Waals surface area contributed by atoms with Gasteiger partial charge in [0, 0.05) is 49.1 Å². The highest BCUT2D eigenvalue weighted by molar-refractivity contribution is 5.89. The first-order valence-electron chi connectivity index (χ1n) is 8.77. The minimum Gasteiger partial charge on any atom is -0.361 e. The Morgan fingerprint density at radius 3 is 2.54 bits per heavy atom. The summed E-state index contributed by atoms with van der Waals surface area (Å²) in [6.07, 6.45) is 2.18. The number of nitro groups is 1. The van der Waals surface area contributed by atoms with Gasteiger partial charge in [-0.05, 0) is 17.2 Å². The van der Waals surface area contributed by atoms with Crippen LogP contribution in [0.25, 0.3) is 10.9 Å². The van der Waals surface area contributed by atoms with E-state index in [-0.39, 0.29) is 24.0 Å². The molecule has 0 aliphatic carbocycles. The van der Waals surface area contributed by atoms with E-state index in [4.69, 9.17) is 0 Å². The maximum atomic E-state index is 12.6. The van der Waals surface area contributed by atoms with Crippen molar-refractivity contribution in [3.63, 3.8) is 0 Å². The molecule has 8 heteroatoms. The van der Waals surface area contributed by atoms with Crippen molar-refractivity contribution in [1.29, 1.82) is 0 Å². The molecule has 8 nitrogen and oxygen atoms in total. The molecule has 0 aliphatic heterocycles. The molecule has 0 aliphatic rings. The fourth-order valence-electron chi connectivity index (χ4n) is 3.02. The number of hydrogen-bond donors (Lipinski definition) is 3. The number of hydrogen-bond acceptors (Lipinski definition) is 4. The number of nitro benzene ring substituents is 1. The molecule has 3 aromatic rings. The Hall–Kier alpha value is -3.68. The van der Waals surface area contributed by atoms with E-state index in [1.807, 2.05) is 30.5 Å². The molecule has 2 amide bonds. The molecular formula is C20H20N4O4. The highest BCUT2D eigenvalue weighted by Gasteiger charge is 2.21. The molecular weight excluding hydrogens is 360 g/mol. The van der Waals surface area contributed by atoms with Crippen LogP contribution in [0.15, 0.2) is 54.7 Å². The number of para-hydroxylation sites is 1. The quantitative estimate of drug-likeness (QED) is 0.431. The number of H-pyrrole nitrogens is 1. The number of benzene rings is 2. The number of fused-ring (bicyclic) bond motifs is 1. The standard InChI is InChI=1S/C20H20N4O4/c1-13(25)23-19(10-15-12-21-18-5-3-2-4-17(15)18)20(26)22-11-14-6-8-16(9-7-14)24(27)28/h2-9,12,19,21H,10-11H2,1H3,(H,22,26)(H,23,25). The first-order chi connectivity index (χ1) is 13.4. The van der Waals surface area contributed by atoms with Gasteiger partial charge in [-0.2, -0.15) is 0 Å². The highest BCUT2D eigenvalue weighted by atomic mass is 16.6. The number of carbonyl (C=O) groups excluding carboxylic acids is 2. The Kier molecular flexibility index (Phi) is 5.69. The fraction of sp³-hybridized carbons (Fsp3) is 0.200. The lowest BCUT2D eigenvalue weighted by Gasteiger charge is -2.17. The van der Waals surface area contributed by atoms with Gasteiger partial charge in [-0.3, -0.25) is 19.7 Å². The first-order valence-corrected chi connectivity index (χ1v) is 8.77. The van der Waals surface area contributed by atoms with Crippen LogP contribution >= 0.6 is 0 Å². The summed E-state index contributed by atoms with van der Waals surface area (Å²) < 4.78 is 0. The van der Waals surface area contributed by atoms with Crippen LogP contribution in [0.1, 0.15) is 18.1 Å². The molecule has 144 valence electrons. The predicted molar refractivity (Wildman–Crippen MR) is 105 cm³/mol. The van der Waals surface area contributed by atoms with Crippen molar-refractivity contribution in [2.45, 2.75) is 25.9 Å². The number of nitrogens with zero attached hydrogens (tertiary/aromatic N) is 1. The molecule has 2 aromatic carbocycles. The number of nitrogens with one attached hydrogen (secondary N) is 3. The summed E-state index contributed by atoms with van der Waals surface area (Å²) in [5, 5.41) is 17.2. The van der Waals surface area contributed by atoms with Crippen molar-refractivity contribution in [1.82, 2.24) is 15.6 Å². The van der Waals surface area contributed by atoms with Crippen LogP contribution in [0.4, 0.5) is 5.69 Å². The molecule has 0 fully saturated rings. The van der Waals surface area contributed by atoms with Gasteiger partial charge in [0.2, 0.25) is 11.8 Å². The van der Waals surface area contributed by atoms with Crippen molar-refractivity contribution < 1.29 is 14.5 Å². The van der Waals surface area contributed by atoms with E-state index < -0.39 is 11.0 Å². The zero-order valence-corrected chi connectivity index (χ0v) is 15.3. The van der Waals surface area contributed by atoms with E-state index in [0.29, 0.717) is 6.42 Å². The van der Waals surface area contributed by atoms with E-state index in [2.05, 4.69) is 15.6 Å². The lowest BCUT2D eigenvalue weighted by molar-refractivity contribution is -0.384. The Morgan fingerprint density at radius 1 is 1.14 bits per heavy atom. The van der Waals surface area contributed by atoms with E-state index >= 15 is 0 Å². The number of non-ortho nitro benzene ring substituents is 1. The van der Waals surface area contributed by atoms with E-state index in [9.17, 15) is 19.7 Å². The molecule has 1 atom stereocenters. The van der Waals surface area contributed by atoms with E-state index in [1.165, 1.54) is 19.1 Å². The maximum absolute atomic E-state index is 12.6. The fourth-order valence-corrected chi connectivity index (χ4v) is 3.02. The minimum atomic E-state index is -0.727. The zero-order valence-electron chi connectivity index (χ0n) is 15.3. The SMILES string of the molecule is CC(=O)NC(Cc1c[nH]c2ccccc12)C(=O)NCc1ccc([N+](=O)[O-])cc1. The summed E-state index contributed by atoms with van der Waals surface area (Å²) in [5.74, 6) is -0.617. The lowest BCUT2D eigenvalue weighted by Crippen LogP contribution is -2.47. The van der Waals surface area contributed by atoms with Gasteiger partial charge in [0.25, 0.3) is 5.69 Å². The second-order valence-corrected chi connectivity index (χ2v) is 6.46. The van der Waals surface area contributed by atoms with Gasteiger partial charge in [0.15, 0.2) is 0 Å². The predicted octanol–water partition coefficient (Wildman–Crippen LogP) is 2.44. The third kappa shape index (κ3) is 4.53. The normalized spacial score (nSPS) is 11.8.